The van der Waals surface area contributed by atoms with Crippen molar-refractivity contribution in [1.29, 1.82) is 0 Å². The monoisotopic (exact) mass is 313 g/mol. The Kier molecular flexibility index (Phi) is 4.55. The minimum atomic E-state index is 0. The lowest BCUT2D eigenvalue weighted by atomic mass is 10.0. The molecule has 1 saturated heterocycles. The Morgan fingerprint density at radius 2 is 2.05 bits per heavy atom. The van der Waals surface area contributed by atoms with Crippen molar-refractivity contribution in [3.8, 4) is 0 Å². The van der Waals surface area contributed by atoms with Crippen molar-refractivity contribution in [2.45, 2.75) is 18.9 Å². The Bertz CT molecular complexity index is 621. The second-order valence-electron chi connectivity index (χ2n) is 4.82. The molecule has 3 rings (SSSR count). The van der Waals surface area contributed by atoms with E-state index in [1.165, 1.54) is 0 Å². The van der Waals surface area contributed by atoms with Gasteiger partial charge >= 0.3 is 0 Å². The molecule has 0 radical (unpaired) electrons. The molecule has 1 fully saturated rings. The zero-order valence-electron chi connectivity index (χ0n) is 12.3. The fourth-order valence-electron chi connectivity index (χ4n) is 2.60. The summed E-state index contributed by atoms with van der Waals surface area (Å²) >= 11 is 6.10. The molecule has 0 amide bonds. The molecule has 0 unspecified atom stereocenters. The van der Waals surface area contributed by atoms with Gasteiger partial charge in [-0.3, -0.25) is 0 Å². The zero-order valence-corrected chi connectivity index (χ0v) is 12.8. The fraction of sp³-hybridized carbons (Fsp3) is 0.429. The topological polar surface area (TPSA) is 41.0 Å². The van der Waals surface area contributed by atoms with Gasteiger partial charge in [-0.2, -0.15) is 0 Å². The lowest BCUT2D eigenvalue weighted by Gasteiger charge is -2.32. The number of hydrogen-bond acceptors (Lipinski definition) is 4. The molecule has 0 saturated carbocycles. The first-order valence-corrected chi connectivity index (χ1v) is 6.92. The summed E-state index contributed by atoms with van der Waals surface area (Å²) < 4.78 is 8.00. The van der Waals surface area contributed by atoms with Gasteiger partial charge in [0.05, 0.1) is 1.37 Å². The normalized spacial score (nSPS) is 16.9. The van der Waals surface area contributed by atoms with E-state index in [1.807, 2.05) is 19.2 Å². The van der Waals surface area contributed by atoms with Gasteiger partial charge in [0, 0.05) is 29.9 Å². The highest BCUT2D eigenvalue weighted by Gasteiger charge is 2.21. The number of anilines is 1. The zero-order chi connectivity index (χ0) is 14.1. The summed E-state index contributed by atoms with van der Waals surface area (Å²) in [5.74, 6) is 0.841. The Hall–Kier alpha value is -1.10. The summed E-state index contributed by atoms with van der Waals surface area (Å²) in [7, 11) is 2.00. The van der Waals surface area contributed by atoms with E-state index in [9.17, 15) is 0 Å². The maximum absolute atomic E-state index is 8.00. The van der Waals surface area contributed by atoms with Crippen LogP contribution < -0.4 is 10.2 Å². The molecule has 1 N–H and O–H groups in total. The third kappa shape index (κ3) is 2.82. The van der Waals surface area contributed by atoms with Crippen molar-refractivity contribution in [3.05, 3.63) is 29.4 Å². The summed E-state index contributed by atoms with van der Waals surface area (Å²) in [5, 5.41) is 13.5. The van der Waals surface area contributed by atoms with Crippen LogP contribution in [0.4, 0.5) is 5.82 Å². The first-order chi connectivity index (χ1) is 9.70. The highest BCUT2D eigenvalue weighted by molar-refractivity contribution is 6.34. The summed E-state index contributed by atoms with van der Waals surface area (Å²) in [6.45, 7) is 1.89. The van der Waals surface area contributed by atoms with Gasteiger partial charge in [0.1, 0.15) is 0 Å². The van der Waals surface area contributed by atoms with E-state index >= 15 is 0 Å². The van der Waals surface area contributed by atoms with Gasteiger partial charge in [-0.25, -0.2) is 0 Å². The molecule has 20 heavy (non-hydrogen) atoms. The molecule has 0 atom stereocenters. The van der Waals surface area contributed by atoms with Gasteiger partial charge in [-0.15, -0.1) is 22.6 Å². The van der Waals surface area contributed by atoms with E-state index in [1.54, 1.807) is 6.07 Å². The van der Waals surface area contributed by atoms with Crippen molar-refractivity contribution in [1.82, 2.24) is 15.5 Å². The molecular weight excluding hydrogens is 295 g/mol. The number of piperidine rings is 1. The van der Waals surface area contributed by atoms with Gasteiger partial charge in [0.2, 0.25) is 0 Å². The number of nitrogens with one attached hydrogen (secondary N) is 1. The lowest BCUT2D eigenvalue weighted by Crippen LogP contribution is -2.41. The van der Waals surface area contributed by atoms with Crippen LogP contribution in [0.3, 0.4) is 0 Å². The predicted molar refractivity (Wildman–Crippen MR) is 86.1 cm³/mol. The maximum Gasteiger partial charge on any atom is 0.159 e. The van der Waals surface area contributed by atoms with Crippen molar-refractivity contribution < 1.29 is 1.37 Å². The fourth-order valence-corrected chi connectivity index (χ4v) is 2.80. The van der Waals surface area contributed by atoms with Crippen LogP contribution in [0.1, 0.15) is 14.2 Å². The number of hydrogen-bond donors (Lipinski definition) is 1. The molecule has 4 nitrogen and oxygen atoms in total. The van der Waals surface area contributed by atoms with Crippen molar-refractivity contribution in [3.63, 3.8) is 0 Å². The van der Waals surface area contributed by atoms with Crippen LogP contribution in [-0.4, -0.2) is 36.4 Å². The molecular formula is C14H18Cl2N4. The molecule has 2 heterocycles. The molecule has 108 valence electrons. The summed E-state index contributed by atoms with van der Waals surface area (Å²) in [6, 6.07) is 6.53. The average molecular weight is 314 g/mol. The van der Waals surface area contributed by atoms with Crippen LogP contribution in [0.25, 0.3) is 10.8 Å². The first-order valence-electron chi connectivity index (χ1n) is 7.04. The highest BCUT2D eigenvalue weighted by atomic mass is 35.5. The molecule has 1 aliphatic heterocycles. The number of halogens is 2. The third-order valence-electron chi connectivity index (χ3n) is 3.74. The number of rotatable bonds is 2. The van der Waals surface area contributed by atoms with Crippen LogP contribution in [0.5, 0.6) is 0 Å². The summed E-state index contributed by atoms with van der Waals surface area (Å²) in [6.07, 6.45) is 2.17. The largest absolute Gasteiger partial charge is 0.354 e. The third-order valence-corrected chi connectivity index (χ3v) is 4.00. The SMILES string of the molecule is Cl.[2H]c1cccc2c(N3CCC(NC)CC3)nnc(Cl)c12. The summed E-state index contributed by atoms with van der Waals surface area (Å²) in [4.78, 5) is 2.24. The Labute approximate surface area is 131 Å². The van der Waals surface area contributed by atoms with Crippen molar-refractivity contribution >= 4 is 40.6 Å². The molecule has 0 aliphatic carbocycles. The molecule has 6 heteroatoms. The minimum absolute atomic E-state index is 0. The van der Waals surface area contributed by atoms with Crippen LogP contribution in [0.2, 0.25) is 5.15 Å². The molecule has 1 aromatic carbocycles. The second kappa shape index (κ2) is 6.57. The second-order valence-corrected chi connectivity index (χ2v) is 5.18. The van der Waals surface area contributed by atoms with E-state index in [0.717, 1.165) is 37.1 Å². The van der Waals surface area contributed by atoms with Crippen LogP contribution in [0.15, 0.2) is 24.2 Å². The van der Waals surface area contributed by atoms with E-state index in [2.05, 4.69) is 20.4 Å². The van der Waals surface area contributed by atoms with Gasteiger partial charge in [0.25, 0.3) is 0 Å². The number of benzene rings is 1. The summed E-state index contributed by atoms with van der Waals surface area (Å²) in [5.41, 5.74) is 0. The molecule has 1 aliphatic rings. The maximum atomic E-state index is 8.00. The van der Waals surface area contributed by atoms with E-state index in [4.69, 9.17) is 13.0 Å². The van der Waals surface area contributed by atoms with Gasteiger partial charge in [0.15, 0.2) is 11.0 Å². The molecule has 0 spiro atoms. The molecule has 1 aromatic heterocycles. The predicted octanol–water partition coefficient (Wildman–Crippen LogP) is 2.89. The standard InChI is InChI=1S/C14H17ClN4.ClH/c1-16-10-6-8-19(9-7-10)14-12-5-3-2-4-11(12)13(15)17-18-14;/h2-5,10,16H,6-9H2,1H3;1H/i4D;. The molecule has 2 aromatic rings. The quantitative estimate of drug-likeness (QED) is 0.925. The minimum Gasteiger partial charge on any atom is -0.354 e. The van der Waals surface area contributed by atoms with Gasteiger partial charge in [-0.05, 0) is 19.9 Å². The molecule has 0 bridgehead atoms. The Morgan fingerprint density at radius 3 is 2.75 bits per heavy atom. The average Bonchev–Trinajstić information content (AvgIpc) is 2.48. The lowest BCUT2D eigenvalue weighted by molar-refractivity contribution is 0.441. The van der Waals surface area contributed by atoms with E-state index in [0.29, 0.717) is 22.6 Å². The van der Waals surface area contributed by atoms with Crippen molar-refractivity contribution in [2.75, 3.05) is 25.0 Å². The van der Waals surface area contributed by atoms with Crippen LogP contribution in [0, 0.1) is 0 Å². The van der Waals surface area contributed by atoms with Gasteiger partial charge < -0.3 is 10.2 Å². The number of aromatic nitrogens is 2. The Balaban J connectivity index is 0.00000161. The smallest absolute Gasteiger partial charge is 0.159 e. The van der Waals surface area contributed by atoms with Gasteiger partial charge in [-0.1, -0.05) is 35.8 Å². The highest BCUT2D eigenvalue weighted by Crippen LogP contribution is 2.29. The van der Waals surface area contributed by atoms with Crippen LogP contribution >= 0.6 is 24.0 Å². The number of nitrogens with zero attached hydrogens (tertiary/aromatic N) is 3. The Morgan fingerprint density at radius 1 is 1.30 bits per heavy atom. The number of fused-ring (bicyclic) bond motifs is 1. The first kappa shape index (κ1) is 13.9. The van der Waals surface area contributed by atoms with E-state index in [-0.39, 0.29) is 12.4 Å². The van der Waals surface area contributed by atoms with Crippen LogP contribution in [-0.2, 0) is 0 Å². The van der Waals surface area contributed by atoms with E-state index < -0.39 is 0 Å². The van der Waals surface area contributed by atoms with Crippen molar-refractivity contribution in [2.24, 2.45) is 0 Å².